The smallest absolute Gasteiger partial charge is 0.242 e. The highest BCUT2D eigenvalue weighted by atomic mass is 16.2. The number of para-hydroxylation sites is 1. The normalized spacial score (nSPS) is 14.4. The molecular weight excluding hydrogens is 248 g/mol. The highest BCUT2D eigenvalue weighted by Crippen LogP contribution is 2.28. The van der Waals surface area contributed by atoms with Gasteiger partial charge in [0.05, 0.1) is 6.54 Å². The second kappa shape index (κ2) is 6.78. The average Bonchev–Trinajstić information content (AvgIpc) is 3.27. The summed E-state index contributed by atoms with van der Waals surface area (Å²) >= 11 is 0. The predicted molar refractivity (Wildman–Crippen MR) is 83.9 cm³/mol. The van der Waals surface area contributed by atoms with E-state index in [-0.39, 0.29) is 5.91 Å². The van der Waals surface area contributed by atoms with Crippen LogP contribution in [0.15, 0.2) is 30.3 Å². The lowest BCUT2D eigenvalue weighted by Gasteiger charge is -2.29. The lowest BCUT2D eigenvalue weighted by atomic mass is 10.2. The van der Waals surface area contributed by atoms with Gasteiger partial charge in [-0.25, -0.2) is 0 Å². The van der Waals surface area contributed by atoms with Crippen LogP contribution >= 0.6 is 0 Å². The number of hydrogen-bond acceptors (Lipinski definition) is 2. The van der Waals surface area contributed by atoms with Gasteiger partial charge in [0.25, 0.3) is 0 Å². The van der Waals surface area contributed by atoms with E-state index in [2.05, 4.69) is 42.7 Å². The second-order valence-corrected chi connectivity index (χ2v) is 6.02. The molecule has 0 heterocycles. The van der Waals surface area contributed by atoms with Crippen LogP contribution in [0.1, 0.15) is 33.6 Å². The number of nitrogens with zero attached hydrogens (tertiary/aromatic N) is 2. The summed E-state index contributed by atoms with van der Waals surface area (Å²) < 4.78 is 0. The molecule has 0 radical (unpaired) electrons. The van der Waals surface area contributed by atoms with Gasteiger partial charge in [0.15, 0.2) is 0 Å². The summed E-state index contributed by atoms with van der Waals surface area (Å²) in [5.41, 5.74) is 1.13. The Morgan fingerprint density at radius 2 is 1.90 bits per heavy atom. The van der Waals surface area contributed by atoms with Gasteiger partial charge in [0, 0.05) is 24.8 Å². The molecule has 0 spiro atoms. The SMILES string of the molecule is CCN(CC(=O)N(CC(C)C)C1CC1)c1ccccc1. The van der Waals surface area contributed by atoms with Gasteiger partial charge in [0.2, 0.25) is 5.91 Å². The Morgan fingerprint density at radius 3 is 2.40 bits per heavy atom. The molecule has 0 aliphatic heterocycles. The summed E-state index contributed by atoms with van der Waals surface area (Å²) in [5, 5.41) is 0. The standard InChI is InChI=1S/C17H26N2O/c1-4-18(15-8-6-5-7-9-15)13-17(20)19(12-14(2)3)16-10-11-16/h5-9,14,16H,4,10-13H2,1-3H3. The molecule has 0 N–H and O–H groups in total. The van der Waals surface area contributed by atoms with Gasteiger partial charge >= 0.3 is 0 Å². The fourth-order valence-corrected chi connectivity index (χ4v) is 2.51. The van der Waals surface area contributed by atoms with Crippen LogP contribution in [0.4, 0.5) is 5.69 Å². The van der Waals surface area contributed by atoms with Crippen molar-refractivity contribution in [2.75, 3.05) is 24.5 Å². The Morgan fingerprint density at radius 1 is 1.25 bits per heavy atom. The number of carbonyl (C=O) groups is 1. The fraction of sp³-hybridized carbons (Fsp3) is 0.588. The van der Waals surface area contributed by atoms with Crippen molar-refractivity contribution in [1.82, 2.24) is 4.90 Å². The number of likely N-dealkylation sites (N-methyl/N-ethyl adjacent to an activating group) is 1. The Bertz CT molecular complexity index is 426. The van der Waals surface area contributed by atoms with Crippen LogP contribution < -0.4 is 4.90 Å². The Balaban J connectivity index is 2.00. The fourth-order valence-electron chi connectivity index (χ4n) is 2.51. The molecule has 1 aliphatic rings. The summed E-state index contributed by atoms with van der Waals surface area (Å²) in [5.74, 6) is 0.804. The first-order valence-electron chi connectivity index (χ1n) is 7.71. The number of hydrogen-bond donors (Lipinski definition) is 0. The van der Waals surface area contributed by atoms with Crippen molar-refractivity contribution >= 4 is 11.6 Å². The van der Waals surface area contributed by atoms with Crippen LogP contribution in [-0.4, -0.2) is 36.5 Å². The third-order valence-corrected chi connectivity index (χ3v) is 3.70. The molecule has 0 bridgehead atoms. The minimum Gasteiger partial charge on any atom is -0.362 e. The number of rotatable bonds is 7. The van der Waals surface area contributed by atoms with Crippen molar-refractivity contribution < 1.29 is 4.79 Å². The largest absolute Gasteiger partial charge is 0.362 e. The van der Waals surface area contributed by atoms with E-state index in [0.29, 0.717) is 18.5 Å². The first kappa shape index (κ1) is 14.9. The van der Waals surface area contributed by atoms with Gasteiger partial charge in [-0.15, -0.1) is 0 Å². The van der Waals surface area contributed by atoms with Crippen LogP contribution in [0.5, 0.6) is 0 Å². The number of anilines is 1. The second-order valence-electron chi connectivity index (χ2n) is 6.02. The van der Waals surface area contributed by atoms with Crippen molar-refractivity contribution in [3.63, 3.8) is 0 Å². The summed E-state index contributed by atoms with van der Waals surface area (Å²) in [4.78, 5) is 16.8. The maximum absolute atomic E-state index is 12.6. The van der Waals surface area contributed by atoms with E-state index in [1.54, 1.807) is 0 Å². The van der Waals surface area contributed by atoms with Crippen LogP contribution in [-0.2, 0) is 4.79 Å². The minimum absolute atomic E-state index is 0.270. The Kier molecular flexibility index (Phi) is 5.05. The predicted octanol–water partition coefficient (Wildman–Crippen LogP) is 3.16. The monoisotopic (exact) mass is 274 g/mol. The van der Waals surface area contributed by atoms with E-state index >= 15 is 0 Å². The van der Waals surface area contributed by atoms with Crippen LogP contribution in [0.2, 0.25) is 0 Å². The van der Waals surface area contributed by atoms with Crippen molar-refractivity contribution in [2.45, 2.75) is 39.7 Å². The molecule has 0 atom stereocenters. The molecule has 20 heavy (non-hydrogen) atoms. The van der Waals surface area contributed by atoms with E-state index in [1.165, 1.54) is 12.8 Å². The highest BCUT2D eigenvalue weighted by molar-refractivity contribution is 5.82. The lowest BCUT2D eigenvalue weighted by molar-refractivity contribution is -0.130. The van der Waals surface area contributed by atoms with E-state index in [1.807, 2.05) is 18.2 Å². The van der Waals surface area contributed by atoms with Crippen molar-refractivity contribution in [3.8, 4) is 0 Å². The van der Waals surface area contributed by atoms with Gasteiger partial charge in [-0.2, -0.15) is 0 Å². The van der Waals surface area contributed by atoms with Crippen LogP contribution in [0.3, 0.4) is 0 Å². The van der Waals surface area contributed by atoms with E-state index in [0.717, 1.165) is 18.8 Å². The molecule has 110 valence electrons. The topological polar surface area (TPSA) is 23.6 Å². The van der Waals surface area contributed by atoms with Crippen LogP contribution in [0, 0.1) is 5.92 Å². The lowest BCUT2D eigenvalue weighted by Crippen LogP contribution is -2.43. The van der Waals surface area contributed by atoms with Gasteiger partial charge in [0.1, 0.15) is 0 Å². The molecule has 1 aromatic carbocycles. The first-order chi connectivity index (χ1) is 9.61. The molecule has 2 rings (SSSR count). The van der Waals surface area contributed by atoms with Gasteiger partial charge in [-0.1, -0.05) is 32.0 Å². The summed E-state index contributed by atoms with van der Waals surface area (Å²) in [6, 6.07) is 10.7. The van der Waals surface area contributed by atoms with Gasteiger partial charge < -0.3 is 9.80 Å². The summed E-state index contributed by atoms with van der Waals surface area (Å²) in [6.07, 6.45) is 2.35. The molecule has 0 saturated heterocycles. The van der Waals surface area contributed by atoms with E-state index < -0.39 is 0 Å². The number of amides is 1. The minimum atomic E-state index is 0.270. The zero-order valence-electron chi connectivity index (χ0n) is 12.9. The molecule has 3 nitrogen and oxygen atoms in total. The Labute approximate surface area is 122 Å². The molecular formula is C17H26N2O. The number of benzene rings is 1. The third kappa shape index (κ3) is 3.99. The average molecular weight is 274 g/mol. The van der Waals surface area contributed by atoms with E-state index in [4.69, 9.17) is 0 Å². The summed E-state index contributed by atoms with van der Waals surface area (Å²) in [7, 11) is 0. The maximum atomic E-state index is 12.6. The van der Waals surface area contributed by atoms with Gasteiger partial charge in [-0.3, -0.25) is 4.79 Å². The molecule has 1 fully saturated rings. The molecule has 0 aromatic heterocycles. The summed E-state index contributed by atoms with van der Waals surface area (Å²) in [6.45, 7) is 8.69. The maximum Gasteiger partial charge on any atom is 0.242 e. The molecule has 0 unspecified atom stereocenters. The quantitative estimate of drug-likeness (QED) is 0.762. The van der Waals surface area contributed by atoms with Crippen molar-refractivity contribution in [2.24, 2.45) is 5.92 Å². The Hall–Kier alpha value is -1.51. The first-order valence-corrected chi connectivity index (χ1v) is 7.71. The molecule has 1 aromatic rings. The highest BCUT2D eigenvalue weighted by Gasteiger charge is 2.33. The number of carbonyl (C=O) groups excluding carboxylic acids is 1. The van der Waals surface area contributed by atoms with E-state index in [9.17, 15) is 4.79 Å². The van der Waals surface area contributed by atoms with Crippen molar-refractivity contribution in [3.05, 3.63) is 30.3 Å². The molecule has 1 aliphatic carbocycles. The molecule has 3 heteroatoms. The van der Waals surface area contributed by atoms with Gasteiger partial charge in [-0.05, 0) is 37.8 Å². The van der Waals surface area contributed by atoms with Crippen LogP contribution in [0.25, 0.3) is 0 Å². The third-order valence-electron chi connectivity index (χ3n) is 3.70. The molecule has 1 amide bonds. The van der Waals surface area contributed by atoms with Crippen molar-refractivity contribution in [1.29, 1.82) is 0 Å². The zero-order chi connectivity index (χ0) is 14.5. The molecule has 1 saturated carbocycles. The zero-order valence-corrected chi connectivity index (χ0v) is 12.9.